The SMILES string of the molecule is COc1ccc(S(=O)(=O)N(CC(=O)NCc2cccc(OC(C)C)c2)c2ccc(F)c(Cl)c2)cc1OC. The lowest BCUT2D eigenvalue weighted by Gasteiger charge is -2.25. The largest absolute Gasteiger partial charge is 0.493 e. The number of hydrogen-bond acceptors (Lipinski definition) is 6. The van der Waals surface area contributed by atoms with Gasteiger partial charge in [-0.2, -0.15) is 0 Å². The van der Waals surface area contributed by atoms with Crippen LogP contribution in [0.5, 0.6) is 17.2 Å². The van der Waals surface area contributed by atoms with Gasteiger partial charge in [0, 0.05) is 12.6 Å². The van der Waals surface area contributed by atoms with Gasteiger partial charge >= 0.3 is 0 Å². The number of anilines is 1. The molecule has 0 saturated heterocycles. The van der Waals surface area contributed by atoms with Gasteiger partial charge in [0.25, 0.3) is 10.0 Å². The first kappa shape index (κ1) is 28.1. The monoisotopic (exact) mass is 550 g/mol. The smallest absolute Gasteiger partial charge is 0.264 e. The molecule has 0 aliphatic carbocycles. The zero-order valence-electron chi connectivity index (χ0n) is 20.8. The average Bonchev–Trinajstić information content (AvgIpc) is 2.87. The molecule has 198 valence electrons. The zero-order valence-corrected chi connectivity index (χ0v) is 22.4. The van der Waals surface area contributed by atoms with Crippen molar-refractivity contribution in [3.8, 4) is 17.2 Å². The van der Waals surface area contributed by atoms with Crippen LogP contribution in [0.25, 0.3) is 0 Å². The van der Waals surface area contributed by atoms with Crippen molar-refractivity contribution in [3.05, 3.63) is 77.1 Å². The number of carbonyl (C=O) groups excluding carboxylic acids is 1. The highest BCUT2D eigenvalue weighted by Crippen LogP contribution is 2.33. The highest BCUT2D eigenvalue weighted by atomic mass is 35.5. The Kier molecular flexibility index (Phi) is 9.23. The topological polar surface area (TPSA) is 94.2 Å². The summed E-state index contributed by atoms with van der Waals surface area (Å²) in [6.07, 6.45) is -0.0114. The summed E-state index contributed by atoms with van der Waals surface area (Å²) in [5.41, 5.74) is 0.786. The van der Waals surface area contributed by atoms with E-state index in [9.17, 15) is 17.6 Å². The van der Waals surface area contributed by atoms with E-state index in [4.69, 9.17) is 25.8 Å². The van der Waals surface area contributed by atoms with Gasteiger partial charge in [0.05, 0.1) is 35.9 Å². The normalized spacial score (nSPS) is 11.2. The highest BCUT2D eigenvalue weighted by molar-refractivity contribution is 7.92. The fourth-order valence-electron chi connectivity index (χ4n) is 3.45. The van der Waals surface area contributed by atoms with E-state index in [0.717, 1.165) is 22.0 Å². The van der Waals surface area contributed by atoms with Crippen LogP contribution in [0.2, 0.25) is 5.02 Å². The molecule has 0 bridgehead atoms. The van der Waals surface area contributed by atoms with Crippen molar-refractivity contribution in [1.82, 2.24) is 5.32 Å². The molecular formula is C26H28ClFN2O6S. The maximum absolute atomic E-state index is 13.8. The molecule has 0 unspecified atom stereocenters. The second-order valence-electron chi connectivity index (χ2n) is 8.22. The summed E-state index contributed by atoms with van der Waals surface area (Å²) in [7, 11) is -1.50. The van der Waals surface area contributed by atoms with Crippen LogP contribution in [0.4, 0.5) is 10.1 Å². The maximum atomic E-state index is 13.8. The Labute approximate surface area is 221 Å². The number of hydrogen-bond donors (Lipinski definition) is 1. The second-order valence-corrected chi connectivity index (χ2v) is 10.5. The molecule has 0 aliphatic rings. The number of methoxy groups -OCH3 is 2. The van der Waals surface area contributed by atoms with Crippen molar-refractivity contribution in [1.29, 1.82) is 0 Å². The average molecular weight is 551 g/mol. The van der Waals surface area contributed by atoms with Crippen molar-refractivity contribution >= 4 is 33.2 Å². The van der Waals surface area contributed by atoms with Gasteiger partial charge in [-0.1, -0.05) is 23.7 Å². The van der Waals surface area contributed by atoms with E-state index < -0.39 is 28.3 Å². The Bertz CT molecular complexity index is 1370. The van der Waals surface area contributed by atoms with E-state index in [2.05, 4.69) is 5.32 Å². The van der Waals surface area contributed by atoms with E-state index in [-0.39, 0.29) is 34.0 Å². The minimum Gasteiger partial charge on any atom is -0.493 e. The van der Waals surface area contributed by atoms with E-state index in [0.29, 0.717) is 11.5 Å². The van der Waals surface area contributed by atoms with Gasteiger partial charge in [0.2, 0.25) is 5.91 Å². The molecule has 1 N–H and O–H groups in total. The molecule has 0 spiro atoms. The summed E-state index contributed by atoms with van der Waals surface area (Å²) in [6.45, 7) is 3.37. The van der Waals surface area contributed by atoms with Crippen LogP contribution >= 0.6 is 11.6 Å². The van der Waals surface area contributed by atoms with Crippen molar-refractivity contribution in [2.75, 3.05) is 25.1 Å². The van der Waals surface area contributed by atoms with E-state index >= 15 is 0 Å². The first-order chi connectivity index (χ1) is 17.5. The highest BCUT2D eigenvalue weighted by Gasteiger charge is 2.29. The summed E-state index contributed by atoms with van der Waals surface area (Å²) in [6, 6.07) is 14.7. The molecule has 0 aliphatic heterocycles. The Hall–Kier alpha value is -3.50. The first-order valence-corrected chi connectivity index (χ1v) is 13.1. The van der Waals surface area contributed by atoms with Crippen LogP contribution in [-0.2, 0) is 21.4 Å². The molecule has 3 aromatic carbocycles. The summed E-state index contributed by atoms with van der Waals surface area (Å²) in [4.78, 5) is 12.8. The Morgan fingerprint density at radius 3 is 2.41 bits per heavy atom. The lowest BCUT2D eigenvalue weighted by molar-refractivity contribution is -0.119. The zero-order chi connectivity index (χ0) is 27.2. The predicted octanol–water partition coefficient (Wildman–Crippen LogP) is 4.80. The third-order valence-corrected chi connectivity index (χ3v) is 7.24. The van der Waals surface area contributed by atoms with Gasteiger partial charge in [-0.3, -0.25) is 9.10 Å². The number of sulfonamides is 1. The van der Waals surface area contributed by atoms with Crippen LogP contribution < -0.4 is 23.8 Å². The first-order valence-electron chi connectivity index (χ1n) is 11.3. The molecule has 0 heterocycles. The standard InChI is InChI=1S/C26H28ClFN2O6S/c1-17(2)36-20-7-5-6-18(12-20)15-29-26(31)16-30(19-8-10-23(28)22(27)13-19)37(32,33)21-9-11-24(34-3)25(14-21)35-4/h5-14,17H,15-16H2,1-4H3,(H,29,31). The van der Waals surface area contributed by atoms with Crippen molar-refractivity contribution in [2.24, 2.45) is 0 Å². The molecular weight excluding hydrogens is 523 g/mol. The third-order valence-electron chi connectivity index (χ3n) is 5.18. The van der Waals surface area contributed by atoms with Crippen LogP contribution in [0, 0.1) is 5.82 Å². The Morgan fingerprint density at radius 1 is 1.03 bits per heavy atom. The summed E-state index contributed by atoms with van der Waals surface area (Å²) in [5.74, 6) is -0.130. The number of ether oxygens (including phenoxy) is 3. The molecule has 0 radical (unpaired) electrons. The number of amides is 1. The number of nitrogens with zero attached hydrogens (tertiary/aromatic N) is 1. The molecule has 0 atom stereocenters. The number of halogens is 2. The number of carbonyl (C=O) groups is 1. The fourth-order valence-corrected chi connectivity index (χ4v) is 5.05. The minimum absolute atomic E-state index is 0.0114. The van der Waals surface area contributed by atoms with Gasteiger partial charge < -0.3 is 19.5 Å². The molecule has 0 aromatic heterocycles. The molecule has 0 fully saturated rings. The van der Waals surface area contributed by atoms with Crippen LogP contribution in [0.3, 0.4) is 0 Å². The van der Waals surface area contributed by atoms with Gasteiger partial charge in [0.1, 0.15) is 18.1 Å². The molecule has 0 saturated carbocycles. The van der Waals surface area contributed by atoms with Gasteiger partial charge in [-0.05, 0) is 61.9 Å². The van der Waals surface area contributed by atoms with Crippen molar-refractivity contribution in [3.63, 3.8) is 0 Å². The van der Waals surface area contributed by atoms with Crippen molar-refractivity contribution in [2.45, 2.75) is 31.4 Å². The number of benzene rings is 3. The lowest BCUT2D eigenvalue weighted by Crippen LogP contribution is -2.40. The third kappa shape index (κ3) is 7.05. The molecule has 3 rings (SSSR count). The van der Waals surface area contributed by atoms with Gasteiger partial charge in [-0.25, -0.2) is 12.8 Å². The summed E-state index contributed by atoms with van der Waals surface area (Å²) >= 11 is 5.92. The van der Waals surface area contributed by atoms with Gasteiger partial charge in [-0.15, -0.1) is 0 Å². The molecule has 37 heavy (non-hydrogen) atoms. The van der Waals surface area contributed by atoms with E-state index in [1.807, 2.05) is 19.9 Å². The van der Waals surface area contributed by atoms with E-state index in [1.54, 1.807) is 18.2 Å². The maximum Gasteiger partial charge on any atom is 0.264 e. The Morgan fingerprint density at radius 2 is 1.76 bits per heavy atom. The Balaban J connectivity index is 1.89. The predicted molar refractivity (Wildman–Crippen MR) is 140 cm³/mol. The van der Waals surface area contributed by atoms with E-state index in [1.165, 1.54) is 38.5 Å². The molecule has 8 nitrogen and oxygen atoms in total. The number of rotatable bonds is 11. The summed E-state index contributed by atoms with van der Waals surface area (Å²) in [5, 5.41) is 2.43. The second kappa shape index (κ2) is 12.2. The number of nitrogens with one attached hydrogen (secondary N) is 1. The van der Waals surface area contributed by atoms with Crippen molar-refractivity contribution < 1.29 is 31.8 Å². The molecule has 11 heteroatoms. The van der Waals surface area contributed by atoms with Crippen LogP contribution in [0.1, 0.15) is 19.4 Å². The molecule has 1 amide bonds. The molecule has 3 aromatic rings. The fraction of sp³-hybridized carbons (Fsp3) is 0.269. The minimum atomic E-state index is -4.30. The summed E-state index contributed by atoms with van der Waals surface area (Å²) < 4.78 is 58.1. The lowest BCUT2D eigenvalue weighted by atomic mass is 10.2. The van der Waals surface area contributed by atoms with Crippen LogP contribution in [0.15, 0.2) is 65.6 Å². The van der Waals surface area contributed by atoms with Gasteiger partial charge in [0.15, 0.2) is 11.5 Å². The van der Waals surface area contributed by atoms with Crippen LogP contribution in [-0.4, -0.2) is 41.2 Å². The quantitative estimate of drug-likeness (QED) is 0.369.